The smallest absolute Gasteiger partial charge is 0.307 e. The molecule has 0 aromatic rings. The van der Waals surface area contributed by atoms with Gasteiger partial charge >= 0.3 is 5.97 Å². The fraction of sp³-hybridized carbons (Fsp3) is 0.857. The maximum Gasteiger partial charge on any atom is 0.307 e. The van der Waals surface area contributed by atoms with Crippen LogP contribution in [0, 0.1) is 11.8 Å². The van der Waals surface area contributed by atoms with E-state index >= 15 is 0 Å². The molecule has 2 atom stereocenters. The second-order valence-corrected chi connectivity index (χ2v) is 5.76. The van der Waals surface area contributed by atoms with Crippen LogP contribution >= 0.6 is 0 Å². The minimum absolute atomic E-state index is 0.0561. The number of carbonyl (C=O) groups excluding carboxylic acids is 1. The van der Waals surface area contributed by atoms with Crippen molar-refractivity contribution in [2.45, 2.75) is 45.1 Å². The van der Waals surface area contributed by atoms with Crippen molar-refractivity contribution >= 4 is 11.9 Å². The van der Waals surface area contributed by atoms with Gasteiger partial charge in [0.25, 0.3) is 0 Å². The van der Waals surface area contributed by atoms with Gasteiger partial charge in [0, 0.05) is 19.1 Å². The third-order valence-electron chi connectivity index (χ3n) is 4.21. The number of rotatable bonds is 6. The van der Waals surface area contributed by atoms with E-state index in [1.165, 1.54) is 12.8 Å². The second kappa shape index (κ2) is 6.37. The molecular formula is C14H24N2O3. The molecule has 108 valence electrons. The summed E-state index contributed by atoms with van der Waals surface area (Å²) in [6, 6.07) is 0.237. The molecular weight excluding hydrogens is 244 g/mol. The molecule has 2 aliphatic rings. The van der Waals surface area contributed by atoms with E-state index in [1.807, 2.05) is 0 Å². The normalized spacial score (nSPS) is 28.1. The molecule has 0 bridgehead atoms. The minimum Gasteiger partial charge on any atom is -0.481 e. The van der Waals surface area contributed by atoms with E-state index in [2.05, 4.69) is 17.1 Å². The van der Waals surface area contributed by atoms with Crippen LogP contribution in [-0.4, -0.2) is 47.6 Å². The van der Waals surface area contributed by atoms with Gasteiger partial charge in [-0.05, 0) is 32.2 Å². The Bertz CT molecular complexity index is 338. The highest BCUT2D eigenvalue weighted by Gasteiger charge is 2.48. The maximum atomic E-state index is 11.9. The molecule has 0 aromatic heterocycles. The SMILES string of the molecule is CCCCN1CCC(NC(=O)[C@@H]2C[C@@H]2C(=O)O)CC1. The van der Waals surface area contributed by atoms with E-state index in [-0.39, 0.29) is 17.9 Å². The van der Waals surface area contributed by atoms with Crippen molar-refractivity contribution in [1.29, 1.82) is 0 Å². The molecule has 5 nitrogen and oxygen atoms in total. The number of nitrogens with one attached hydrogen (secondary N) is 1. The number of hydrogen-bond donors (Lipinski definition) is 2. The third-order valence-corrected chi connectivity index (χ3v) is 4.21. The van der Waals surface area contributed by atoms with Crippen molar-refractivity contribution in [3.05, 3.63) is 0 Å². The number of carboxylic acids is 1. The van der Waals surface area contributed by atoms with Gasteiger partial charge in [0.15, 0.2) is 0 Å². The van der Waals surface area contributed by atoms with Crippen molar-refractivity contribution in [2.24, 2.45) is 11.8 Å². The molecule has 5 heteroatoms. The Morgan fingerprint density at radius 2 is 1.95 bits per heavy atom. The summed E-state index contributed by atoms with van der Waals surface area (Å²) in [5.41, 5.74) is 0. The van der Waals surface area contributed by atoms with Gasteiger partial charge in [-0.15, -0.1) is 0 Å². The van der Waals surface area contributed by atoms with E-state index in [0.717, 1.165) is 32.5 Å². The van der Waals surface area contributed by atoms with Crippen LogP contribution in [0.4, 0.5) is 0 Å². The van der Waals surface area contributed by atoms with Gasteiger partial charge in [0.2, 0.25) is 5.91 Å². The van der Waals surface area contributed by atoms with Crippen LogP contribution < -0.4 is 5.32 Å². The number of unbranched alkanes of at least 4 members (excludes halogenated alkanes) is 1. The highest BCUT2D eigenvalue weighted by Crippen LogP contribution is 2.38. The number of amides is 1. The average molecular weight is 268 g/mol. The monoisotopic (exact) mass is 268 g/mol. The Morgan fingerprint density at radius 3 is 2.47 bits per heavy atom. The Labute approximate surface area is 114 Å². The summed E-state index contributed by atoms with van der Waals surface area (Å²) in [5.74, 6) is -1.62. The van der Waals surface area contributed by atoms with Crippen LogP contribution in [0.2, 0.25) is 0 Å². The van der Waals surface area contributed by atoms with Crippen LogP contribution in [0.1, 0.15) is 39.0 Å². The molecule has 0 radical (unpaired) electrons. The Kier molecular flexibility index (Phi) is 4.80. The number of carboxylic acid groups (broad SMARTS) is 1. The number of nitrogens with zero attached hydrogens (tertiary/aromatic N) is 1. The Balaban J connectivity index is 1.66. The first kappa shape index (κ1) is 14.3. The topological polar surface area (TPSA) is 69.6 Å². The highest BCUT2D eigenvalue weighted by molar-refractivity contribution is 5.89. The predicted octanol–water partition coefficient (Wildman–Crippen LogP) is 1.09. The maximum absolute atomic E-state index is 11.9. The number of piperidine rings is 1. The van der Waals surface area contributed by atoms with Crippen molar-refractivity contribution in [2.75, 3.05) is 19.6 Å². The van der Waals surface area contributed by atoms with Gasteiger partial charge in [-0.1, -0.05) is 13.3 Å². The van der Waals surface area contributed by atoms with Crippen LogP contribution in [0.5, 0.6) is 0 Å². The molecule has 0 spiro atoms. The fourth-order valence-corrected chi connectivity index (χ4v) is 2.75. The largest absolute Gasteiger partial charge is 0.481 e. The minimum atomic E-state index is -0.838. The van der Waals surface area contributed by atoms with Gasteiger partial charge in [-0.2, -0.15) is 0 Å². The summed E-state index contributed by atoms with van der Waals surface area (Å²) in [6.45, 7) is 5.43. The van der Waals surface area contributed by atoms with Crippen molar-refractivity contribution in [1.82, 2.24) is 10.2 Å². The van der Waals surface area contributed by atoms with Crippen LogP contribution in [0.3, 0.4) is 0 Å². The quantitative estimate of drug-likeness (QED) is 0.756. The molecule has 0 aromatic carbocycles. The summed E-state index contributed by atoms with van der Waals surface area (Å²) in [6.07, 6.45) is 4.94. The van der Waals surface area contributed by atoms with Crippen LogP contribution in [0.15, 0.2) is 0 Å². The molecule has 1 aliphatic carbocycles. The second-order valence-electron chi connectivity index (χ2n) is 5.76. The number of likely N-dealkylation sites (tertiary alicyclic amines) is 1. The first-order valence-electron chi connectivity index (χ1n) is 7.37. The lowest BCUT2D eigenvalue weighted by molar-refractivity contribution is -0.140. The lowest BCUT2D eigenvalue weighted by atomic mass is 10.0. The number of hydrogen-bond acceptors (Lipinski definition) is 3. The van der Waals surface area contributed by atoms with Crippen LogP contribution in [0.25, 0.3) is 0 Å². The van der Waals surface area contributed by atoms with E-state index in [0.29, 0.717) is 6.42 Å². The molecule has 2 rings (SSSR count). The van der Waals surface area contributed by atoms with E-state index < -0.39 is 11.9 Å². The highest BCUT2D eigenvalue weighted by atomic mass is 16.4. The Morgan fingerprint density at radius 1 is 1.26 bits per heavy atom. The molecule has 0 unspecified atom stereocenters. The van der Waals surface area contributed by atoms with Crippen molar-refractivity contribution < 1.29 is 14.7 Å². The predicted molar refractivity (Wildman–Crippen MR) is 71.7 cm³/mol. The molecule has 19 heavy (non-hydrogen) atoms. The van der Waals surface area contributed by atoms with E-state index in [4.69, 9.17) is 5.11 Å². The molecule has 1 heterocycles. The molecule has 1 amide bonds. The summed E-state index contributed by atoms with van der Waals surface area (Å²) >= 11 is 0. The fourth-order valence-electron chi connectivity index (χ4n) is 2.75. The summed E-state index contributed by atoms with van der Waals surface area (Å²) in [7, 11) is 0. The first-order valence-corrected chi connectivity index (χ1v) is 7.37. The first-order chi connectivity index (χ1) is 9.11. The van der Waals surface area contributed by atoms with E-state index in [9.17, 15) is 9.59 Å². The lowest BCUT2D eigenvalue weighted by Crippen LogP contribution is -2.45. The zero-order valence-electron chi connectivity index (χ0n) is 11.6. The van der Waals surface area contributed by atoms with Crippen molar-refractivity contribution in [3.8, 4) is 0 Å². The van der Waals surface area contributed by atoms with Gasteiger partial charge in [0.05, 0.1) is 11.8 Å². The molecule has 1 saturated carbocycles. The third kappa shape index (κ3) is 3.93. The summed E-state index contributed by atoms with van der Waals surface area (Å²) in [4.78, 5) is 25.0. The summed E-state index contributed by atoms with van der Waals surface area (Å²) < 4.78 is 0. The van der Waals surface area contributed by atoms with Crippen LogP contribution in [-0.2, 0) is 9.59 Å². The molecule has 2 fully saturated rings. The van der Waals surface area contributed by atoms with Crippen molar-refractivity contribution in [3.63, 3.8) is 0 Å². The number of aliphatic carboxylic acids is 1. The van der Waals surface area contributed by atoms with E-state index in [1.54, 1.807) is 0 Å². The molecule has 2 N–H and O–H groups in total. The van der Waals surface area contributed by atoms with Gasteiger partial charge in [-0.25, -0.2) is 0 Å². The average Bonchev–Trinajstić information content (AvgIpc) is 3.18. The number of carbonyl (C=O) groups is 2. The zero-order valence-corrected chi connectivity index (χ0v) is 11.6. The lowest BCUT2D eigenvalue weighted by Gasteiger charge is -2.32. The van der Waals surface area contributed by atoms with Gasteiger partial charge < -0.3 is 15.3 Å². The standard InChI is InChI=1S/C14H24N2O3/c1-2-3-6-16-7-4-10(5-8-16)15-13(17)11-9-12(11)14(18)19/h10-12H,2-9H2,1H3,(H,15,17)(H,18,19)/t11-,12+/m1/s1. The Hall–Kier alpha value is -1.10. The van der Waals surface area contributed by atoms with Gasteiger partial charge in [-0.3, -0.25) is 9.59 Å². The van der Waals surface area contributed by atoms with Gasteiger partial charge in [0.1, 0.15) is 0 Å². The zero-order chi connectivity index (χ0) is 13.8. The summed E-state index contributed by atoms with van der Waals surface area (Å²) in [5, 5.41) is 11.8. The molecule has 1 saturated heterocycles. The molecule has 1 aliphatic heterocycles.